The van der Waals surface area contributed by atoms with E-state index in [0.717, 1.165) is 12.8 Å². The average Bonchev–Trinajstić information content (AvgIpc) is 3.22. The second kappa shape index (κ2) is 6.50. The molecule has 4 nitrogen and oxygen atoms in total. The third-order valence-electron chi connectivity index (χ3n) is 3.29. The van der Waals surface area contributed by atoms with Crippen molar-refractivity contribution in [1.82, 2.24) is 5.32 Å². The van der Waals surface area contributed by atoms with Crippen molar-refractivity contribution in [2.75, 3.05) is 11.9 Å². The van der Waals surface area contributed by atoms with Crippen molar-refractivity contribution in [3.8, 4) is 0 Å². The maximum absolute atomic E-state index is 12.9. The summed E-state index contributed by atoms with van der Waals surface area (Å²) < 4.78 is 12.9. The van der Waals surface area contributed by atoms with E-state index in [1.165, 1.54) is 12.1 Å². The first-order valence-corrected chi connectivity index (χ1v) is 6.90. The lowest BCUT2D eigenvalue weighted by molar-refractivity contribution is -0.122. The van der Waals surface area contributed by atoms with Gasteiger partial charge in [-0.2, -0.15) is 0 Å². The topological polar surface area (TPSA) is 58.2 Å². The van der Waals surface area contributed by atoms with Gasteiger partial charge in [0.15, 0.2) is 0 Å². The zero-order valence-electron chi connectivity index (χ0n) is 11.5. The Bertz CT molecular complexity index is 513. The molecule has 0 saturated heterocycles. The summed E-state index contributed by atoms with van der Waals surface area (Å²) in [5.74, 6) is -0.144. The highest BCUT2D eigenvalue weighted by atomic mass is 19.1. The van der Waals surface area contributed by atoms with Gasteiger partial charge in [-0.1, -0.05) is 0 Å². The van der Waals surface area contributed by atoms with Gasteiger partial charge in [-0.15, -0.1) is 0 Å². The van der Waals surface area contributed by atoms with E-state index in [2.05, 4.69) is 10.6 Å². The maximum Gasteiger partial charge on any atom is 0.224 e. The summed E-state index contributed by atoms with van der Waals surface area (Å²) in [6.07, 6.45) is 2.90. The number of amides is 2. The summed E-state index contributed by atoms with van der Waals surface area (Å²) in [4.78, 5) is 23.1. The third-order valence-corrected chi connectivity index (χ3v) is 3.29. The summed E-state index contributed by atoms with van der Waals surface area (Å²) >= 11 is 0. The molecule has 1 aliphatic rings. The first-order chi connectivity index (χ1) is 9.56. The Balaban J connectivity index is 1.68. The fourth-order valence-corrected chi connectivity index (χ4v) is 1.93. The van der Waals surface area contributed by atoms with Gasteiger partial charge in [0, 0.05) is 24.6 Å². The molecule has 2 rings (SSSR count). The van der Waals surface area contributed by atoms with Gasteiger partial charge >= 0.3 is 0 Å². The first kappa shape index (κ1) is 14.5. The number of hydrogen-bond acceptors (Lipinski definition) is 2. The van der Waals surface area contributed by atoms with Crippen LogP contribution >= 0.6 is 0 Å². The highest BCUT2D eigenvalue weighted by Gasteiger charge is 2.28. The molecule has 0 aliphatic heterocycles. The second-order valence-electron chi connectivity index (χ2n) is 5.18. The van der Waals surface area contributed by atoms with E-state index in [9.17, 15) is 14.0 Å². The molecule has 1 aromatic rings. The molecule has 20 heavy (non-hydrogen) atoms. The number of carbonyl (C=O) groups excluding carboxylic acids is 2. The molecule has 5 heteroatoms. The lowest BCUT2D eigenvalue weighted by Gasteiger charge is -2.08. The summed E-state index contributed by atoms with van der Waals surface area (Å²) in [5, 5.41) is 5.56. The molecule has 0 bridgehead atoms. The quantitative estimate of drug-likeness (QED) is 0.785. The third kappa shape index (κ3) is 4.33. The minimum absolute atomic E-state index is 0.0970. The Morgan fingerprint density at radius 2 is 2.10 bits per heavy atom. The molecule has 1 aromatic carbocycles. The van der Waals surface area contributed by atoms with Gasteiger partial charge in [0.25, 0.3) is 0 Å². The number of hydrogen-bond donors (Lipinski definition) is 2. The van der Waals surface area contributed by atoms with Gasteiger partial charge in [0.05, 0.1) is 0 Å². The molecule has 1 aliphatic carbocycles. The van der Waals surface area contributed by atoms with Crippen molar-refractivity contribution in [3.05, 3.63) is 29.6 Å². The number of benzene rings is 1. The lowest BCUT2D eigenvalue weighted by Crippen LogP contribution is -2.26. The Kier molecular flexibility index (Phi) is 4.71. The van der Waals surface area contributed by atoms with E-state index in [1.807, 2.05) is 0 Å². The molecule has 0 radical (unpaired) electrons. The van der Waals surface area contributed by atoms with E-state index >= 15 is 0 Å². The zero-order valence-corrected chi connectivity index (χ0v) is 11.5. The van der Waals surface area contributed by atoms with Crippen LogP contribution in [0.25, 0.3) is 0 Å². The first-order valence-electron chi connectivity index (χ1n) is 6.90. The number of anilines is 1. The number of halogens is 1. The van der Waals surface area contributed by atoms with Crippen molar-refractivity contribution in [1.29, 1.82) is 0 Å². The molecule has 1 saturated carbocycles. The number of nitrogens with one attached hydrogen (secondary N) is 2. The van der Waals surface area contributed by atoms with E-state index in [-0.39, 0.29) is 23.5 Å². The fourth-order valence-electron chi connectivity index (χ4n) is 1.93. The van der Waals surface area contributed by atoms with Gasteiger partial charge in [-0.05, 0) is 49.9 Å². The molecule has 0 spiro atoms. The summed E-state index contributed by atoms with van der Waals surface area (Å²) in [6, 6.07) is 4.25. The van der Waals surface area contributed by atoms with Crippen LogP contribution in [0.4, 0.5) is 10.1 Å². The molecule has 0 heterocycles. The van der Waals surface area contributed by atoms with Gasteiger partial charge in [-0.25, -0.2) is 4.39 Å². The molecular formula is C15H19FN2O2. The second-order valence-corrected chi connectivity index (χ2v) is 5.18. The standard InChI is InChI=1S/C15H19FN2O2/c1-10-9-12(16)6-7-13(10)18-14(19)3-2-8-17-15(20)11-4-5-11/h6-7,9,11H,2-5,8H2,1H3,(H,17,20)(H,18,19). The number of rotatable bonds is 6. The molecule has 2 amide bonds. The Hall–Kier alpha value is -1.91. The Morgan fingerprint density at radius 1 is 1.35 bits per heavy atom. The molecular weight excluding hydrogens is 259 g/mol. The molecule has 1 fully saturated rings. The van der Waals surface area contributed by atoms with Crippen molar-refractivity contribution >= 4 is 17.5 Å². The van der Waals surface area contributed by atoms with Crippen LogP contribution in [0.15, 0.2) is 18.2 Å². The largest absolute Gasteiger partial charge is 0.356 e. The minimum atomic E-state index is -0.316. The summed E-state index contributed by atoms with van der Waals surface area (Å²) in [6.45, 7) is 2.26. The Labute approximate surface area is 117 Å². The molecule has 2 N–H and O–H groups in total. The van der Waals surface area contributed by atoms with E-state index in [1.54, 1.807) is 13.0 Å². The van der Waals surface area contributed by atoms with Gasteiger partial charge < -0.3 is 10.6 Å². The van der Waals surface area contributed by atoms with E-state index in [0.29, 0.717) is 30.6 Å². The highest BCUT2D eigenvalue weighted by Crippen LogP contribution is 2.28. The van der Waals surface area contributed by atoms with Crippen molar-refractivity contribution in [2.24, 2.45) is 5.92 Å². The zero-order chi connectivity index (χ0) is 14.5. The number of aryl methyl sites for hydroxylation is 1. The summed E-state index contributed by atoms with van der Waals surface area (Å²) in [5.41, 5.74) is 1.32. The van der Waals surface area contributed by atoms with Crippen LogP contribution in [0.5, 0.6) is 0 Å². The summed E-state index contributed by atoms with van der Waals surface area (Å²) in [7, 11) is 0. The molecule has 108 valence electrons. The van der Waals surface area contributed by atoms with Crippen LogP contribution < -0.4 is 10.6 Å². The monoisotopic (exact) mass is 278 g/mol. The van der Waals surface area contributed by atoms with Crippen LogP contribution in [0, 0.1) is 18.7 Å². The lowest BCUT2D eigenvalue weighted by atomic mass is 10.2. The van der Waals surface area contributed by atoms with E-state index in [4.69, 9.17) is 0 Å². The van der Waals surface area contributed by atoms with Crippen LogP contribution in [-0.4, -0.2) is 18.4 Å². The molecule has 0 atom stereocenters. The normalized spacial score (nSPS) is 13.9. The van der Waals surface area contributed by atoms with Crippen LogP contribution in [0.1, 0.15) is 31.2 Å². The fraction of sp³-hybridized carbons (Fsp3) is 0.467. The smallest absolute Gasteiger partial charge is 0.224 e. The van der Waals surface area contributed by atoms with Crippen LogP contribution in [0.2, 0.25) is 0 Å². The van der Waals surface area contributed by atoms with Crippen molar-refractivity contribution in [2.45, 2.75) is 32.6 Å². The van der Waals surface area contributed by atoms with Gasteiger partial charge in [0.2, 0.25) is 11.8 Å². The molecule has 0 unspecified atom stereocenters. The van der Waals surface area contributed by atoms with Crippen molar-refractivity contribution < 1.29 is 14.0 Å². The number of carbonyl (C=O) groups is 2. The van der Waals surface area contributed by atoms with Crippen LogP contribution in [0.3, 0.4) is 0 Å². The minimum Gasteiger partial charge on any atom is -0.356 e. The van der Waals surface area contributed by atoms with E-state index < -0.39 is 0 Å². The predicted octanol–water partition coefficient (Wildman–Crippen LogP) is 2.38. The van der Waals surface area contributed by atoms with Crippen LogP contribution in [-0.2, 0) is 9.59 Å². The maximum atomic E-state index is 12.9. The van der Waals surface area contributed by atoms with Gasteiger partial charge in [-0.3, -0.25) is 9.59 Å². The average molecular weight is 278 g/mol. The van der Waals surface area contributed by atoms with Crippen molar-refractivity contribution in [3.63, 3.8) is 0 Å². The van der Waals surface area contributed by atoms with Gasteiger partial charge in [0.1, 0.15) is 5.82 Å². The predicted molar refractivity (Wildman–Crippen MR) is 74.7 cm³/mol. The SMILES string of the molecule is Cc1cc(F)ccc1NC(=O)CCCNC(=O)C1CC1. The Morgan fingerprint density at radius 3 is 2.75 bits per heavy atom. The highest BCUT2D eigenvalue weighted by molar-refractivity contribution is 5.91. The molecule has 0 aromatic heterocycles.